The number of hydrazone groups is 1. The number of nitrogen functional groups attached to an aromatic ring is 1. The van der Waals surface area contributed by atoms with Crippen LogP contribution in [0.25, 0.3) is 0 Å². The number of benzene rings is 1. The first-order chi connectivity index (χ1) is 10.2. The van der Waals surface area contributed by atoms with Crippen LogP contribution >= 0.6 is 43.2 Å². The van der Waals surface area contributed by atoms with E-state index in [1.54, 1.807) is 26.0 Å². The molecule has 6 nitrogen and oxygen atoms in total. The maximum absolute atomic E-state index is 10.4. The summed E-state index contributed by atoms with van der Waals surface area (Å²) >= 11 is 7.70. The lowest BCUT2D eigenvalue weighted by molar-refractivity contribution is 0.0242. The molecule has 5 N–H and O–H groups in total. The SMILES string of the molecule is Cc1nc(N)sc1C(C)(O)N/N=C\c1cc(Br)c(O)c(Br)c1. The maximum atomic E-state index is 10.4. The molecule has 0 aliphatic carbocycles. The molecule has 2 rings (SSSR count). The zero-order valence-electron chi connectivity index (χ0n) is 11.8. The molecule has 22 heavy (non-hydrogen) atoms. The number of aliphatic hydroxyl groups is 1. The van der Waals surface area contributed by atoms with Gasteiger partial charge in [-0.15, -0.1) is 0 Å². The van der Waals surface area contributed by atoms with Gasteiger partial charge in [0.1, 0.15) is 5.75 Å². The Morgan fingerprint density at radius 3 is 2.50 bits per heavy atom. The maximum Gasteiger partial charge on any atom is 0.185 e. The number of rotatable bonds is 4. The predicted octanol–water partition coefficient (Wildman–Crippen LogP) is 3.05. The summed E-state index contributed by atoms with van der Waals surface area (Å²) in [5, 5.41) is 24.5. The number of aromatic nitrogens is 1. The lowest BCUT2D eigenvalue weighted by Gasteiger charge is -2.21. The molecule has 1 aromatic heterocycles. The topological polar surface area (TPSA) is 104 Å². The number of aromatic hydroxyl groups is 1. The molecule has 0 saturated carbocycles. The normalized spacial score (nSPS) is 14.2. The highest BCUT2D eigenvalue weighted by Gasteiger charge is 2.27. The van der Waals surface area contributed by atoms with E-state index in [0.29, 0.717) is 24.6 Å². The van der Waals surface area contributed by atoms with Crippen LogP contribution in [-0.4, -0.2) is 21.4 Å². The van der Waals surface area contributed by atoms with Crippen molar-refractivity contribution in [3.05, 3.63) is 37.2 Å². The molecule has 0 saturated heterocycles. The summed E-state index contributed by atoms with van der Waals surface area (Å²) in [5.74, 6) is 0.118. The van der Waals surface area contributed by atoms with Gasteiger partial charge in [-0.3, -0.25) is 5.43 Å². The molecule has 1 heterocycles. The number of halogens is 2. The van der Waals surface area contributed by atoms with E-state index < -0.39 is 5.72 Å². The molecular formula is C13H14Br2N4O2S. The first-order valence-electron chi connectivity index (χ1n) is 6.14. The Balaban J connectivity index is 2.16. The fourth-order valence-electron chi connectivity index (χ4n) is 1.81. The molecule has 0 aliphatic heterocycles. The first kappa shape index (κ1) is 17.2. The van der Waals surface area contributed by atoms with Crippen LogP contribution in [0.3, 0.4) is 0 Å². The first-order valence-corrected chi connectivity index (χ1v) is 8.55. The molecule has 0 aliphatic rings. The number of thiazole rings is 1. The van der Waals surface area contributed by atoms with Gasteiger partial charge in [0.05, 0.1) is 25.7 Å². The molecule has 0 radical (unpaired) electrons. The number of hydrogen-bond acceptors (Lipinski definition) is 7. The molecule has 1 aromatic carbocycles. The van der Waals surface area contributed by atoms with E-state index in [2.05, 4.69) is 47.4 Å². The van der Waals surface area contributed by atoms with Crippen LogP contribution in [0.5, 0.6) is 5.75 Å². The number of anilines is 1. The number of nitrogens with one attached hydrogen (secondary N) is 1. The predicted molar refractivity (Wildman–Crippen MR) is 95.1 cm³/mol. The van der Waals surface area contributed by atoms with E-state index in [-0.39, 0.29) is 5.75 Å². The van der Waals surface area contributed by atoms with Gasteiger partial charge in [-0.1, -0.05) is 11.3 Å². The Kier molecular flexibility index (Phi) is 5.10. The summed E-state index contributed by atoms with van der Waals surface area (Å²) in [4.78, 5) is 4.69. The molecule has 118 valence electrons. The van der Waals surface area contributed by atoms with E-state index in [9.17, 15) is 10.2 Å². The highest BCUT2D eigenvalue weighted by atomic mass is 79.9. The summed E-state index contributed by atoms with van der Waals surface area (Å²) in [7, 11) is 0. The number of aryl methyl sites for hydroxylation is 1. The second kappa shape index (κ2) is 6.53. The summed E-state index contributed by atoms with van der Waals surface area (Å²) in [6.45, 7) is 3.35. The van der Waals surface area contributed by atoms with E-state index in [0.717, 1.165) is 5.56 Å². The van der Waals surface area contributed by atoms with Crippen molar-refractivity contribution in [2.45, 2.75) is 19.6 Å². The zero-order chi connectivity index (χ0) is 16.5. The van der Waals surface area contributed by atoms with Crippen molar-refractivity contribution >= 4 is 54.5 Å². The lowest BCUT2D eigenvalue weighted by atomic mass is 10.2. The Morgan fingerprint density at radius 2 is 2.00 bits per heavy atom. The van der Waals surface area contributed by atoms with E-state index in [1.165, 1.54) is 17.6 Å². The minimum absolute atomic E-state index is 0.118. The molecule has 9 heteroatoms. The standard InChI is InChI=1S/C13H14Br2N4O2S/c1-6-11(22-12(16)18-6)13(2,21)19-17-5-7-3-8(14)10(20)9(15)4-7/h3-5,19-21H,1-2H3,(H2,16,18)/b17-5-. The average molecular weight is 450 g/mol. The van der Waals surface area contributed by atoms with Gasteiger partial charge in [-0.05, 0) is 63.4 Å². The van der Waals surface area contributed by atoms with Gasteiger partial charge < -0.3 is 15.9 Å². The number of hydrogen-bond donors (Lipinski definition) is 4. The number of nitrogens with zero attached hydrogens (tertiary/aromatic N) is 2. The van der Waals surface area contributed by atoms with E-state index >= 15 is 0 Å². The Morgan fingerprint density at radius 1 is 1.41 bits per heavy atom. The minimum atomic E-state index is -1.37. The molecular weight excluding hydrogens is 436 g/mol. The number of phenolic OH excluding ortho intramolecular Hbond substituents is 1. The third kappa shape index (κ3) is 3.78. The number of phenols is 1. The van der Waals surface area contributed by atoms with Crippen molar-refractivity contribution in [3.63, 3.8) is 0 Å². The van der Waals surface area contributed by atoms with Crippen LogP contribution in [0.1, 0.15) is 23.1 Å². The Bertz CT molecular complexity index is 708. The van der Waals surface area contributed by atoms with Crippen molar-refractivity contribution in [2.24, 2.45) is 5.10 Å². The highest BCUT2D eigenvalue weighted by Crippen LogP contribution is 2.33. The van der Waals surface area contributed by atoms with Gasteiger partial charge in [0.2, 0.25) is 0 Å². The third-order valence-electron chi connectivity index (χ3n) is 2.79. The van der Waals surface area contributed by atoms with Crippen LogP contribution < -0.4 is 11.2 Å². The lowest BCUT2D eigenvalue weighted by Crippen LogP contribution is -2.35. The molecule has 1 unspecified atom stereocenters. The summed E-state index contributed by atoms with van der Waals surface area (Å²) in [6, 6.07) is 3.41. The largest absolute Gasteiger partial charge is 0.506 e. The molecule has 0 amide bonds. The van der Waals surface area contributed by atoms with Gasteiger partial charge in [0.15, 0.2) is 10.9 Å². The summed E-state index contributed by atoms with van der Waals surface area (Å²) < 4.78 is 1.09. The fraction of sp³-hybridized carbons (Fsp3) is 0.231. The van der Waals surface area contributed by atoms with Crippen LogP contribution in [0.2, 0.25) is 0 Å². The molecule has 0 bridgehead atoms. The smallest absolute Gasteiger partial charge is 0.185 e. The van der Waals surface area contributed by atoms with Crippen molar-refractivity contribution < 1.29 is 10.2 Å². The van der Waals surface area contributed by atoms with Gasteiger partial charge in [-0.2, -0.15) is 5.10 Å². The van der Waals surface area contributed by atoms with Crippen LogP contribution in [-0.2, 0) is 5.72 Å². The van der Waals surface area contributed by atoms with Gasteiger partial charge in [-0.25, -0.2) is 4.98 Å². The van der Waals surface area contributed by atoms with Crippen LogP contribution in [0, 0.1) is 6.92 Å². The molecule has 2 aromatic rings. The third-order valence-corrected chi connectivity index (χ3v) is 5.20. The van der Waals surface area contributed by atoms with Gasteiger partial charge >= 0.3 is 0 Å². The fourth-order valence-corrected chi connectivity index (χ4v) is 3.86. The average Bonchev–Trinajstić information content (AvgIpc) is 2.75. The van der Waals surface area contributed by atoms with Crippen molar-refractivity contribution in [2.75, 3.05) is 5.73 Å². The highest BCUT2D eigenvalue weighted by molar-refractivity contribution is 9.11. The van der Waals surface area contributed by atoms with Crippen molar-refractivity contribution in [3.8, 4) is 5.75 Å². The van der Waals surface area contributed by atoms with E-state index in [4.69, 9.17) is 5.73 Å². The second-order valence-electron chi connectivity index (χ2n) is 4.74. The quantitative estimate of drug-likeness (QED) is 0.326. The van der Waals surface area contributed by atoms with Gasteiger partial charge in [0, 0.05) is 0 Å². The molecule has 1 atom stereocenters. The monoisotopic (exact) mass is 448 g/mol. The molecule has 0 spiro atoms. The summed E-state index contributed by atoms with van der Waals surface area (Å²) in [5.41, 5.74) is 8.34. The Hall–Kier alpha value is -1.16. The van der Waals surface area contributed by atoms with Crippen molar-refractivity contribution in [1.82, 2.24) is 10.4 Å². The summed E-state index contributed by atoms with van der Waals surface area (Å²) in [6.07, 6.45) is 1.53. The van der Waals surface area contributed by atoms with E-state index in [1.807, 2.05) is 0 Å². The zero-order valence-corrected chi connectivity index (χ0v) is 15.8. The van der Waals surface area contributed by atoms with Crippen molar-refractivity contribution in [1.29, 1.82) is 0 Å². The van der Waals surface area contributed by atoms with Gasteiger partial charge in [0.25, 0.3) is 0 Å². The van der Waals surface area contributed by atoms with Crippen LogP contribution in [0.4, 0.5) is 5.13 Å². The minimum Gasteiger partial charge on any atom is -0.506 e. The Labute approximate surface area is 148 Å². The van der Waals surface area contributed by atoms with Crippen LogP contribution in [0.15, 0.2) is 26.2 Å². The molecule has 0 fully saturated rings. The number of nitrogens with two attached hydrogens (primary N) is 1. The second-order valence-corrected chi connectivity index (χ2v) is 7.48.